The molecule has 0 atom stereocenters. The minimum atomic E-state index is -0.849. The van der Waals surface area contributed by atoms with Gasteiger partial charge in [-0.15, -0.1) is 0 Å². The fourth-order valence-electron chi connectivity index (χ4n) is 2.90. The largest absolute Gasteiger partial charge is 0.490 e. The third-order valence-electron chi connectivity index (χ3n) is 3.84. The number of rotatable bonds is 6. The van der Waals surface area contributed by atoms with Crippen LogP contribution >= 0.6 is 0 Å². The number of hydrogen-bond donors (Lipinski definition) is 2. The van der Waals surface area contributed by atoms with E-state index in [4.69, 9.17) is 9.84 Å². The number of carboxylic acid groups (broad SMARTS) is 1. The van der Waals surface area contributed by atoms with Crippen molar-refractivity contribution in [2.24, 2.45) is 0 Å². The average molecular weight is 294 g/mol. The number of carbonyl (C=O) groups is 1. The van der Waals surface area contributed by atoms with E-state index < -0.39 is 16.4 Å². The second-order valence-electron chi connectivity index (χ2n) is 5.33. The number of aliphatic carboxylic acids is 1. The summed E-state index contributed by atoms with van der Waals surface area (Å²) < 4.78 is 5.03. The molecule has 21 heavy (non-hydrogen) atoms. The Hall–Kier alpha value is -2.31. The molecule has 2 rings (SSSR count). The molecule has 114 valence electrons. The first kappa shape index (κ1) is 15.1. The first-order chi connectivity index (χ1) is 9.96. The number of nitro benzene ring substituents is 1. The van der Waals surface area contributed by atoms with Crippen LogP contribution in [0.25, 0.3) is 0 Å². The van der Waals surface area contributed by atoms with Crippen molar-refractivity contribution in [1.82, 2.24) is 0 Å². The summed E-state index contributed by atoms with van der Waals surface area (Å²) in [6.07, 6.45) is 3.54. The van der Waals surface area contributed by atoms with Gasteiger partial charge in [0.15, 0.2) is 5.75 Å². The van der Waals surface area contributed by atoms with Gasteiger partial charge in [-0.05, 0) is 18.9 Å². The zero-order valence-electron chi connectivity index (χ0n) is 11.8. The van der Waals surface area contributed by atoms with E-state index in [0.29, 0.717) is 5.69 Å². The molecule has 0 saturated heterocycles. The molecule has 1 aromatic carbocycles. The number of hydrogen-bond acceptors (Lipinski definition) is 5. The Bertz CT molecular complexity index is 552. The number of nitro groups is 1. The van der Waals surface area contributed by atoms with E-state index in [-0.39, 0.29) is 17.9 Å². The van der Waals surface area contributed by atoms with Gasteiger partial charge >= 0.3 is 11.7 Å². The molecule has 2 N–H and O–H groups in total. The number of methoxy groups -OCH3 is 1. The smallest absolute Gasteiger partial charge is 0.311 e. The molecule has 7 heteroatoms. The molecule has 0 unspecified atom stereocenters. The van der Waals surface area contributed by atoms with Crippen molar-refractivity contribution < 1.29 is 19.6 Å². The molecule has 1 aliphatic carbocycles. The van der Waals surface area contributed by atoms with Crippen LogP contribution in [0.5, 0.6) is 5.75 Å². The summed E-state index contributed by atoms with van der Waals surface area (Å²) in [5, 5.41) is 23.2. The van der Waals surface area contributed by atoms with Crippen LogP contribution in [0.1, 0.15) is 32.1 Å². The summed E-state index contributed by atoms with van der Waals surface area (Å²) in [6, 6.07) is 4.49. The van der Waals surface area contributed by atoms with Gasteiger partial charge in [-0.25, -0.2) is 0 Å². The number of nitrogens with one attached hydrogen (secondary N) is 1. The lowest BCUT2D eigenvalue weighted by atomic mass is 9.92. The summed E-state index contributed by atoms with van der Waals surface area (Å²) in [6.45, 7) is 0. The maximum atomic E-state index is 11.1. The van der Waals surface area contributed by atoms with Crippen LogP contribution in [-0.4, -0.2) is 28.6 Å². The SMILES string of the molecule is COc1cc(NC2(CC(=O)O)CCCC2)ccc1[N+](=O)[O-]. The predicted molar refractivity (Wildman–Crippen MR) is 76.7 cm³/mol. The molecule has 1 aromatic rings. The molecule has 0 radical (unpaired) electrons. The quantitative estimate of drug-likeness (QED) is 0.618. The van der Waals surface area contributed by atoms with Crippen molar-refractivity contribution in [3.8, 4) is 5.75 Å². The Kier molecular flexibility index (Phi) is 4.30. The van der Waals surface area contributed by atoms with Crippen molar-refractivity contribution in [3.63, 3.8) is 0 Å². The van der Waals surface area contributed by atoms with Gasteiger partial charge in [0.2, 0.25) is 0 Å². The van der Waals surface area contributed by atoms with Gasteiger partial charge in [-0.2, -0.15) is 0 Å². The summed E-state index contributed by atoms with van der Waals surface area (Å²) in [5.74, 6) is -0.688. The highest BCUT2D eigenvalue weighted by molar-refractivity contribution is 5.70. The van der Waals surface area contributed by atoms with Gasteiger partial charge in [0.05, 0.1) is 18.5 Å². The van der Waals surface area contributed by atoms with Gasteiger partial charge < -0.3 is 15.2 Å². The number of carboxylic acids is 1. The molecule has 0 aromatic heterocycles. The first-order valence-electron chi connectivity index (χ1n) is 6.78. The van der Waals surface area contributed by atoms with Crippen molar-refractivity contribution in [1.29, 1.82) is 0 Å². The second-order valence-corrected chi connectivity index (χ2v) is 5.33. The van der Waals surface area contributed by atoms with Gasteiger partial charge in [0, 0.05) is 23.4 Å². The Balaban J connectivity index is 2.25. The minimum absolute atomic E-state index is 0.0340. The maximum absolute atomic E-state index is 11.1. The van der Waals surface area contributed by atoms with E-state index in [9.17, 15) is 14.9 Å². The Labute approximate surface area is 122 Å². The molecule has 0 spiro atoms. The van der Waals surface area contributed by atoms with Crippen molar-refractivity contribution in [3.05, 3.63) is 28.3 Å². The third kappa shape index (κ3) is 3.42. The minimum Gasteiger partial charge on any atom is -0.490 e. The summed E-state index contributed by atoms with van der Waals surface area (Å²) in [5.41, 5.74) is 0.0508. The molecule has 0 aliphatic heterocycles. The lowest BCUT2D eigenvalue weighted by Crippen LogP contribution is -2.37. The zero-order chi connectivity index (χ0) is 15.5. The number of nitrogens with zero attached hydrogens (tertiary/aromatic N) is 1. The maximum Gasteiger partial charge on any atom is 0.311 e. The van der Waals surface area contributed by atoms with Crippen LogP contribution in [0.3, 0.4) is 0 Å². The molecular weight excluding hydrogens is 276 g/mol. The predicted octanol–water partition coefficient (Wildman–Crippen LogP) is 2.80. The lowest BCUT2D eigenvalue weighted by Gasteiger charge is -2.30. The Morgan fingerprint density at radius 2 is 2.14 bits per heavy atom. The molecule has 1 aliphatic rings. The van der Waals surface area contributed by atoms with E-state index in [1.807, 2.05) is 0 Å². The van der Waals surface area contributed by atoms with E-state index in [0.717, 1.165) is 25.7 Å². The Morgan fingerprint density at radius 3 is 2.67 bits per heavy atom. The Morgan fingerprint density at radius 1 is 1.48 bits per heavy atom. The molecule has 1 fully saturated rings. The second kappa shape index (κ2) is 5.99. The number of ether oxygens (including phenoxy) is 1. The van der Waals surface area contributed by atoms with Crippen molar-refractivity contribution >= 4 is 17.3 Å². The van der Waals surface area contributed by atoms with Gasteiger partial charge in [-0.3, -0.25) is 14.9 Å². The highest BCUT2D eigenvalue weighted by Gasteiger charge is 2.36. The van der Waals surface area contributed by atoms with Crippen LogP contribution < -0.4 is 10.1 Å². The van der Waals surface area contributed by atoms with Crippen LogP contribution in [-0.2, 0) is 4.79 Å². The fraction of sp³-hybridized carbons (Fsp3) is 0.500. The van der Waals surface area contributed by atoms with Crippen LogP contribution in [0, 0.1) is 10.1 Å². The summed E-state index contributed by atoms with van der Waals surface area (Å²) in [7, 11) is 1.37. The number of anilines is 1. The van der Waals surface area contributed by atoms with Gasteiger partial charge in [0.1, 0.15) is 0 Å². The molecule has 0 heterocycles. The molecule has 0 bridgehead atoms. The van der Waals surface area contributed by atoms with Crippen LogP contribution in [0.4, 0.5) is 11.4 Å². The van der Waals surface area contributed by atoms with Crippen LogP contribution in [0.15, 0.2) is 18.2 Å². The zero-order valence-corrected chi connectivity index (χ0v) is 11.8. The van der Waals surface area contributed by atoms with Crippen LogP contribution in [0.2, 0.25) is 0 Å². The number of benzene rings is 1. The molecule has 7 nitrogen and oxygen atoms in total. The normalized spacial score (nSPS) is 16.4. The van der Waals surface area contributed by atoms with Crippen molar-refractivity contribution in [2.75, 3.05) is 12.4 Å². The van der Waals surface area contributed by atoms with E-state index in [1.54, 1.807) is 12.1 Å². The standard InChI is InChI=1S/C14H18N2O5/c1-21-12-8-10(4-5-11(12)16(19)20)15-14(9-13(17)18)6-2-3-7-14/h4-5,8,15H,2-3,6-7,9H2,1H3,(H,17,18). The first-order valence-corrected chi connectivity index (χ1v) is 6.78. The highest BCUT2D eigenvalue weighted by atomic mass is 16.6. The van der Waals surface area contributed by atoms with Gasteiger partial charge in [-0.1, -0.05) is 12.8 Å². The summed E-state index contributed by atoms with van der Waals surface area (Å²) >= 11 is 0. The third-order valence-corrected chi connectivity index (χ3v) is 3.84. The summed E-state index contributed by atoms with van der Waals surface area (Å²) in [4.78, 5) is 21.4. The van der Waals surface area contributed by atoms with Crippen molar-refractivity contribution in [2.45, 2.75) is 37.6 Å². The topological polar surface area (TPSA) is 102 Å². The van der Waals surface area contributed by atoms with E-state index in [1.165, 1.54) is 13.2 Å². The lowest BCUT2D eigenvalue weighted by molar-refractivity contribution is -0.385. The molecule has 1 saturated carbocycles. The molecule has 0 amide bonds. The van der Waals surface area contributed by atoms with E-state index >= 15 is 0 Å². The van der Waals surface area contributed by atoms with Gasteiger partial charge in [0.25, 0.3) is 0 Å². The average Bonchev–Trinajstić information content (AvgIpc) is 2.85. The monoisotopic (exact) mass is 294 g/mol. The highest BCUT2D eigenvalue weighted by Crippen LogP contribution is 2.38. The molecular formula is C14H18N2O5. The fourth-order valence-corrected chi connectivity index (χ4v) is 2.90. The van der Waals surface area contributed by atoms with E-state index in [2.05, 4.69) is 5.32 Å².